The van der Waals surface area contributed by atoms with E-state index in [0.29, 0.717) is 24.3 Å². The summed E-state index contributed by atoms with van der Waals surface area (Å²) in [6.07, 6.45) is 3.42. The number of hydrogen-bond donors (Lipinski definition) is 1. The lowest BCUT2D eigenvalue weighted by Gasteiger charge is -2.11. The van der Waals surface area contributed by atoms with Crippen LogP contribution in [0.3, 0.4) is 0 Å². The highest BCUT2D eigenvalue weighted by Crippen LogP contribution is 2.39. The van der Waals surface area contributed by atoms with Crippen LogP contribution in [-0.2, 0) is 0 Å². The Balaban J connectivity index is 2.08. The van der Waals surface area contributed by atoms with E-state index in [9.17, 15) is 0 Å². The molecule has 0 bridgehead atoms. The number of ether oxygens (including phenoxy) is 1. The van der Waals surface area contributed by atoms with Gasteiger partial charge in [0.25, 0.3) is 0 Å². The normalized spacial score (nSPS) is 14.9. The first-order valence-electron chi connectivity index (χ1n) is 6.94. The molecule has 0 aliphatic heterocycles. The van der Waals surface area contributed by atoms with E-state index in [2.05, 4.69) is 36.1 Å². The monoisotopic (exact) mass is 249 g/mol. The zero-order valence-corrected chi connectivity index (χ0v) is 11.6. The molecule has 0 amide bonds. The number of nitrogens with zero attached hydrogens (tertiary/aromatic N) is 2. The minimum atomic E-state index is 0.551. The van der Waals surface area contributed by atoms with Gasteiger partial charge in [-0.2, -0.15) is 4.98 Å². The molecule has 1 aromatic heterocycles. The second kappa shape index (κ2) is 6.03. The molecule has 1 heterocycles. The molecule has 4 heteroatoms. The largest absolute Gasteiger partial charge is 0.478 e. The summed E-state index contributed by atoms with van der Waals surface area (Å²) in [5.74, 6) is 3.70. The van der Waals surface area contributed by atoms with Gasteiger partial charge in [0.05, 0.1) is 6.61 Å². The Hall–Kier alpha value is -1.32. The van der Waals surface area contributed by atoms with Crippen LogP contribution in [0.15, 0.2) is 6.07 Å². The van der Waals surface area contributed by atoms with Crippen LogP contribution in [0.5, 0.6) is 5.88 Å². The molecule has 0 atom stereocenters. The first kappa shape index (κ1) is 13.1. The predicted octanol–water partition coefficient (Wildman–Crippen LogP) is 3.21. The van der Waals surface area contributed by atoms with Gasteiger partial charge in [-0.1, -0.05) is 20.8 Å². The van der Waals surface area contributed by atoms with Gasteiger partial charge in [-0.05, 0) is 25.2 Å². The van der Waals surface area contributed by atoms with Crippen LogP contribution in [-0.4, -0.2) is 23.1 Å². The second-order valence-corrected chi connectivity index (χ2v) is 5.35. The predicted molar refractivity (Wildman–Crippen MR) is 73.1 cm³/mol. The highest BCUT2D eigenvalue weighted by atomic mass is 16.5. The third kappa shape index (κ3) is 3.86. The summed E-state index contributed by atoms with van der Waals surface area (Å²) in [7, 11) is 0. The van der Waals surface area contributed by atoms with Gasteiger partial charge >= 0.3 is 0 Å². The van der Waals surface area contributed by atoms with E-state index in [4.69, 9.17) is 4.74 Å². The smallest absolute Gasteiger partial charge is 0.218 e. The van der Waals surface area contributed by atoms with Crippen LogP contribution in [0.25, 0.3) is 0 Å². The highest BCUT2D eigenvalue weighted by molar-refractivity contribution is 5.39. The fourth-order valence-electron chi connectivity index (χ4n) is 1.65. The maximum absolute atomic E-state index is 5.63. The summed E-state index contributed by atoms with van der Waals surface area (Å²) >= 11 is 0. The molecule has 0 unspecified atom stereocenters. The van der Waals surface area contributed by atoms with E-state index in [1.54, 1.807) is 0 Å². The van der Waals surface area contributed by atoms with Gasteiger partial charge in [0.1, 0.15) is 11.6 Å². The standard InChI is InChI=1S/C14H23N3O/c1-4-7-18-13-8-12(15-9-10(2)3)16-14(17-13)11-5-6-11/h8,10-11H,4-7,9H2,1-3H3,(H,15,16,17). The van der Waals surface area contributed by atoms with Crippen molar-refractivity contribution in [1.82, 2.24) is 9.97 Å². The average Bonchev–Trinajstić information content (AvgIpc) is 3.18. The van der Waals surface area contributed by atoms with Crippen LogP contribution >= 0.6 is 0 Å². The Kier molecular flexibility index (Phi) is 4.39. The van der Waals surface area contributed by atoms with Gasteiger partial charge in [-0.3, -0.25) is 0 Å². The van der Waals surface area contributed by atoms with E-state index in [1.165, 1.54) is 12.8 Å². The number of anilines is 1. The lowest BCUT2D eigenvalue weighted by Crippen LogP contribution is -2.11. The molecule has 0 radical (unpaired) electrons. The molecule has 1 N–H and O–H groups in total. The highest BCUT2D eigenvalue weighted by Gasteiger charge is 2.27. The van der Waals surface area contributed by atoms with Crippen molar-refractivity contribution in [1.29, 1.82) is 0 Å². The fraction of sp³-hybridized carbons (Fsp3) is 0.714. The number of rotatable bonds is 7. The molecule has 0 aromatic carbocycles. The molecule has 1 aliphatic rings. The van der Waals surface area contributed by atoms with Gasteiger partial charge in [-0.15, -0.1) is 0 Å². The second-order valence-electron chi connectivity index (χ2n) is 5.35. The third-order valence-electron chi connectivity index (χ3n) is 2.81. The first-order chi connectivity index (χ1) is 8.69. The van der Waals surface area contributed by atoms with Crippen molar-refractivity contribution < 1.29 is 4.74 Å². The average molecular weight is 249 g/mol. The minimum Gasteiger partial charge on any atom is -0.478 e. The van der Waals surface area contributed by atoms with Gasteiger partial charge in [0, 0.05) is 18.5 Å². The number of hydrogen-bond acceptors (Lipinski definition) is 4. The Morgan fingerprint density at radius 3 is 2.78 bits per heavy atom. The van der Waals surface area contributed by atoms with Gasteiger partial charge in [-0.25, -0.2) is 4.98 Å². The van der Waals surface area contributed by atoms with Gasteiger partial charge in [0.2, 0.25) is 5.88 Å². The lowest BCUT2D eigenvalue weighted by molar-refractivity contribution is 0.303. The Bertz CT molecular complexity index is 389. The van der Waals surface area contributed by atoms with Crippen LogP contribution < -0.4 is 10.1 Å². The molecule has 100 valence electrons. The van der Waals surface area contributed by atoms with Crippen molar-refractivity contribution in [2.45, 2.75) is 46.0 Å². The van der Waals surface area contributed by atoms with Crippen molar-refractivity contribution in [3.63, 3.8) is 0 Å². The van der Waals surface area contributed by atoms with Crippen molar-refractivity contribution in [2.75, 3.05) is 18.5 Å². The van der Waals surface area contributed by atoms with Crippen LogP contribution in [0.2, 0.25) is 0 Å². The van der Waals surface area contributed by atoms with Gasteiger partial charge < -0.3 is 10.1 Å². The maximum atomic E-state index is 5.63. The summed E-state index contributed by atoms with van der Waals surface area (Å²) in [5, 5.41) is 3.35. The molecule has 2 rings (SSSR count). The molecule has 1 fully saturated rings. The quantitative estimate of drug-likeness (QED) is 0.806. The van der Waals surface area contributed by atoms with Crippen molar-refractivity contribution in [3.05, 3.63) is 11.9 Å². The molecule has 4 nitrogen and oxygen atoms in total. The van der Waals surface area contributed by atoms with Crippen molar-refractivity contribution in [3.8, 4) is 5.88 Å². The lowest BCUT2D eigenvalue weighted by atomic mass is 10.2. The molecule has 18 heavy (non-hydrogen) atoms. The summed E-state index contributed by atoms with van der Waals surface area (Å²) < 4.78 is 5.63. The van der Waals surface area contributed by atoms with E-state index in [0.717, 1.165) is 24.6 Å². The molecule has 0 saturated heterocycles. The fourth-order valence-corrected chi connectivity index (χ4v) is 1.65. The van der Waals surface area contributed by atoms with Gasteiger partial charge in [0.15, 0.2) is 0 Å². The summed E-state index contributed by atoms with van der Waals surface area (Å²) in [4.78, 5) is 9.06. The zero-order valence-electron chi connectivity index (χ0n) is 11.6. The Morgan fingerprint density at radius 1 is 1.39 bits per heavy atom. The summed E-state index contributed by atoms with van der Waals surface area (Å²) in [5.41, 5.74) is 0. The van der Waals surface area contributed by atoms with Crippen molar-refractivity contribution >= 4 is 5.82 Å². The Labute approximate surface area is 109 Å². The molecular weight excluding hydrogens is 226 g/mol. The molecule has 0 spiro atoms. The van der Waals surface area contributed by atoms with Crippen LogP contribution in [0.1, 0.15) is 51.8 Å². The molecular formula is C14H23N3O. The van der Waals surface area contributed by atoms with E-state index >= 15 is 0 Å². The van der Waals surface area contributed by atoms with E-state index in [-0.39, 0.29) is 0 Å². The molecule has 1 aliphatic carbocycles. The number of aromatic nitrogens is 2. The van der Waals surface area contributed by atoms with E-state index < -0.39 is 0 Å². The summed E-state index contributed by atoms with van der Waals surface area (Å²) in [6.45, 7) is 8.11. The van der Waals surface area contributed by atoms with Crippen LogP contribution in [0, 0.1) is 5.92 Å². The third-order valence-corrected chi connectivity index (χ3v) is 2.81. The minimum absolute atomic E-state index is 0.551. The number of nitrogens with one attached hydrogen (secondary N) is 1. The molecule has 1 saturated carbocycles. The van der Waals surface area contributed by atoms with E-state index in [1.807, 2.05) is 6.07 Å². The zero-order chi connectivity index (χ0) is 13.0. The van der Waals surface area contributed by atoms with Crippen molar-refractivity contribution in [2.24, 2.45) is 5.92 Å². The summed E-state index contributed by atoms with van der Waals surface area (Å²) in [6, 6.07) is 1.91. The Morgan fingerprint density at radius 2 is 2.17 bits per heavy atom. The van der Waals surface area contributed by atoms with Crippen LogP contribution in [0.4, 0.5) is 5.82 Å². The topological polar surface area (TPSA) is 47.0 Å². The SMILES string of the molecule is CCCOc1cc(NCC(C)C)nc(C2CC2)n1. The maximum Gasteiger partial charge on any atom is 0.218 e. The molecule has 1 aromatic rings. The first-order valence-corrected chi connectivity index (χ1v) is 6.94.